The summed E-state index contributed by atoms with van der Waals surface area (Å²) in [6, 6.07) is 13.8. The summed E-state index contributed by atoms with van der Waals surface area (Å²) in [4.78, 5) is 17.0. The lowest BCUT2D eigenvalue weighted by Gasteiger charge is -2.28. The van der Waals surface area contributed by atoms with Gasteiger partial charge in [0.1, 0.15) is 6.04 Å². The SMILES string of the molecule is Cc1cc(C)cc(N([C@@H](C)C(=O)NCc2nc(-c3ccccc3)no2)S(C)(=O)=O)c1. The highest BCUT2D eigenvalue weighted by atomic mass is 32.2. The van der Waals surface area contributed by atoms with Crippen LogP contribution in [0.15, 0.2) is 53.1 Å². The largest absolute Gasteiger partial charge is 0.345 e. The third-order valence-electron chi connectivity index (χ3n) is 4.46. The van der Waals surface area contributed by atoms with Crippen molar-refractivity contribution in [2.24, 2.45) is 0 Å². The summed E-state index contributed by atoms with van der Waals surface area (Å²) in [5, 5.41) is 6.58. The molecule has 3 aromatic rings. The number of aryl methyl sites for hydroxylation is 2. The molecule has 0 saturated carbocycles. The normalized spacial score (nSPS) is 12.4. The summed E-state index contributed by atoms with van der Waals surface area (Å²) in [6.45, 7) is 5.29. The first-order valence-electron chi connectivity index (χ1n) is 9.38. The molecule has 8 nitrogen and oxygen atoms in total. The number of rotatable bonds is 7. The van der Waals surface area contributed by atoms with Gasteiger partial charge in [-0.05, 0) is 44.0 Å². The van der Waals surface area contributed by atoms with E-state index < -0.39 is 22.0 Å². The number of carbonyl (C=O) groups excluding carboxylic acids is 1. The highest BCUT2D eigenvalue weighted by molar-refractivity contribution is 7.92. The Balaban J connectivity index is 1.74. The highest BCUT2D eigenvalue weighted by Crippen LogP contribution is 2.24. The van der Waals surface area contributed by atoms with E-state index in [4.69, 9.17) is 4.52 Å². The van der Waals surface area contributed by atoms with Gasteiger partial charge in [-0.15, -0.1) is 0 Å². The molecule has 3 rings (SSSR count). The second-order valence-electron chi connectivity index (χ2n) is 7.18. The monoisotopic (exact) mass is 428 g/mol. The van der Waals surface area contributed by atoms with Gasteiger partial charge in [-0.1, -0.05) is 41.6 Å². The van der Waals surface area contributed by atoms with Gasteiger partial charge in [-0.25, -0.2) is 8.42 Å². The van der Waals surface area contributed by atoms with E-state index in [9.17, 15) is 13.2 Å². The molecule has 30 heavy (non-hydrogen) atoms. The minimum atomic E-state index is -3.69. The van der Waals surface area contributed by atoms with Crippen LogP contribution in [0.5, 0.6) is 0 Å². The third-order valence-corrected chi connectivity index (χ3v) is 5.70. The average Bonchev–Trinajstić information content (AvgIpc) is 3.14. The van der Waals surface area contributed by atoms with Crippen molar-refractivity contribution in [2.75, 3.05) is 10.6 Å². The molecular formula is C21H24N4O4S. The van der Waals surface area contributed by atoms with Crippen LogP contribution in [-0.2, 0) is 21.4 Å². The zero-order valence-corrected chi connectivity index (χ0v) is 18.1. The fourth-order valence-corrected chi connectivity index (χ4v) is 4.39. The van der Waals surface area contributed by atoms with Crippen LogP contribution in [0.25, 0.3) is 11.4 Å². The van der Waals surface area contributed by atoms with Gasteiger partial charge < -0.3 is 9.84 Å². The van der Waals surface area contributed by atoms with Crippen molar-refractivity contribution in [3.8, 4) is 11.4 Å². The smallest absolute Gasteiger partial charge is 0.246 e. The van der Waals surface area contributed by atoms with Crippen LogP contribution < -0.4 is 9.62 Å². The Hall–Kier alpha value is -3.20. The molecule has 0 spiro atoms. The molecule has 0 aliphatic rings. The van der Waals surface area contributed by atoms with Crippen molar-refractivity contribution in [1.29, 1.82) is 0 Å². The Labute approximate surface area is 176 Å². The summed E-state index contributed by atoms with van der Waals surface area (Å²) in [5.41, 5.74) is 3.06. The minimum absolute atomic E-state index is 0.00649. The number of sulfonamides is 1. The Morgan fingerprint density at radius 2 is 1.77 bits per heavy atom. The maximum absolute atomic E-state index is 12.7. The number of amides is 1. The lowest BCUT2D eigenvalue weighted by Crippen LogP contribution is -2.47. The first kappa shape index (κ1) is 21.5. The van der Waals surface area contributed by atoms with Crippen LogP contribution in [0.1, 0.15) is 23.9 Å². The molecular weight excluding hydrogens is 404 g/mol. The molecule has 0 radical (unpaired) electrons. The molecule has 1 atom stereocenters. The van der Waals surface area contributed by atoms with Crippen molar-refractivity contribution in [2.45, 2.75) is 33.4 Å². The number of nitrogens with zero attached hydrogens (tertiary/aromatic N) is 3. The number of hydrogen-bond donors (Lipinski definition) is 1. The van der Waals surface area contributed by atoms with Crippen molar-refractivity contribution >= 4 is 21.6 Å². The molecule has 1 heterocycles. The zero-order chi connectivity index (χ0) is 21.9. The first-order chi connectivity index (χ1) is 14.1. The Morgan fingerprint density at radius 3 is 2.37 bits per heavy atom. The van der Waals surface area contributed by atoms with Gasteiger partial charge in [0.15, 0.2) is 0 Å². The maximum Gasteiger partial charge on any atom is 0.246 e. The molecule has 0 saturated heterocycles. The fourth-order valence-electron chi connectivity index (χ4n) is 3.23. The average molecular weight is 429 g/mol. The van der Waals surface area contributed by atoms with Crippen LogP contribution >= 0.6 is 0 Å². The lowest BCUT2D eigenvalue weighted by molar-refractivity contribution is -0.122. The summed E-state index contributed by atoms with van der Waals surface area (Å²) in [5.74, 6) is 0.173. The van der Waals surface area contributed by atoms with E-state index in [1.54, 1.807) is 12.1 Å². The third kappa shape index (κ3) is 5.04. The van der Waals surface area contributed by atoms with Gasteiger partial charge in [0.05, 0.1) is 18.5 Å². The molecule has 0 unspecified atom stereocenters. The lowest BCUT2D eigenvalue weighted by atomic mass is 10.1. The van der Waals surface area contributed by atoms with Crippen molar-refractivity contribution < 1.29 is 17.7 Å². The van der Waals surface area contributed by atoms with Crippen LogP contribution in [0.3, 0.4) is 0 Å². The molecule has 1 amide bonds. The van der Waals surface area contributed by atoms with Crippen LogP contribution in [0, 0.1) is 13.8 Å². The fraction of sp³-hybridized carbons (Fsp3) is 0.286. The van der Waals surface area contributed by atoms with Gasteiger partial charge in [0, 0.05) is 5.56 Å². The molecule has 0 fully saturated rings. The summed E-state index contributed by atoms with van der Waals surface area (Å²) in [7, 11) is -3.69. The van der Waals surface area contributed by atoms with Gasteiger partial charge in [0.2, 0.25) is 27.6 Å². The Morgan fingerprint density at radius 1 is 1.13 bits per heavy atom. The highest BCUT2D eigenvalue weighted by Gasteiger charge is 2.29. The number of hydrogen-bond acceptors (Lipinski definition) is 6. The van der Waals surface area contributed by atoms with Crippen molar-refractivity contribution in [3.05, 3.63) is 65.5 Å². The van der Waals surface area contributed by atoms with E-state index in [1.807, 2.05) is 50.2 Å². The standard InChI is InChI=1S/C21H24N4O4S/c1-14-10-15(2)12-18(11-14)25(30(4,27)28)16(3)21(26)22-13-19-23-20(24-29-19)17-8-6-5-7-9-17/h5-12,16H,13H2,1-4H3,(H,22,26)/t16-/m0/s1. The zero-order valence-electron chi connectivity index (χ0n) is 17.3. The van der Waals surface area contributed by atoms with E-state index >= 15 is 0 Å². The molecule has 2 aromatic carbocycles. The van der Waals surface area contributed by atoms with Crippen LogP contribution in [-0.4, -0.2) is 36.8 Å². The quantitative estimate of drug-likeness (QED) is 0.620. The number of carbonyl (C=O) groups is 1. The molecule has 158 valence electrons. The van der Waals surface area contributed by atoms with Gasteiger partial charge >= 0.3 is 0 Å². The van der Waals surface area contributed by atoms with Crippen molar-refractivity contribution in [3.63, 3.8) is 0 Å². The topological polar surface area (TPSA) is 105 Å². The van der Waals surface area contributed by atoms with E-state index in [0.29, 0.717) is 11.5 Å². The Bertz CT molecular complexity index is 1120. The van der Waals surface area contributed by atoms with Gasteiger partial charge in [-0.3, -0.25) is 9.10 Å². The molecule has 9 heteroatoms. The molecule has 1 aromatic heterocycles. The van der Waals surface area contributed by atoms with Gasteiger partial charge in [0.25, 0.3) is 0 Å². The van der Waals surface area contributed by atoms with Crippen molar-refractivity contribution in [1.82, 2.24) is 15.5 Å². The van der Waals surface area contributed by atoms with Crippen LogP contribution in [0.4, 0.5) is 5.69 Å². The molecule has 0 aliphatic carbocycles. The number of anilines is 1. The summed E-state index contributed by atoms with van der Waals surface area (Å²) < 4.78 is 31.2. The number of benzene rings is 2. The van der Waals surface area contributed by atoms with E-state index in [0.717, 1.165) is 27.3 Å². The first-order valence-corrected chi connectivity index (χ1v) is 11.2. The second kappa shape index (κ2) is 8.66. The molecule has 1 N–H and O–H groups in total. The minimum Gasteiger partial charge on any atom is -0.345 e. The predicted molar refractivity (Wildman–Crippen MR) is 114 cm³/mol. The van der Waals surface area contributed by atoms with E-state index in [1.165, 1.54) is 6.92 Å². The molecule has 0 aliphatic heterocycles. The molecule has 0 bridgehead atoms. The Kier molecular flexibility index (Phi) is 6.21. The second-order valence-corrected chi connectivity index (χ2v) is 9.04. The summed E-state index contributed by atoms with van der Waals surface area (Å²) in [6.07, 6.45) is 1.08. The maximum atomic E-state index is 12.7. The summed E-state index contributed by atoms with van der Waals surface area (Å²) >= 11 is 0. The number of nitrogens with one attached hydrogen (secondary N) is 1. The van der Waals surface area contributed by atoms with Gasteiger partial charge in [-0.2, -0.15) is 4.98 Å². The van der Waals surface area contributed by atoms with E-state index in [-0.39, 0.29) is 12.4 Å². The number of aromatic nitrogens is 2. The predicted octanol–water partition coefficient (Wildman–Crippen LogP) is 2.82. The van der Waals surface area contributed by atoms with Crippen LogP contribution in [0.2, 0.25) is 0 Å². The van der Waals surface area contributed by atoms with E-state index in [2.05, 4.69) is 15.5 Å².